The summed E-state index contributed by atoms with van der Waals surface area (Å²) < 4.78 is 5.19. The Kier molecular flexibility index (Phi) is 7.72. The summed E-state index contributed by atoms with van der Waals surface area (Å²) >= 11 is 0. The standard InChI is InChI=1S/C15H23NO2.ClH/c1-15(2,3)9-10-18-14(17)11-13(16)12-7-5-4-6-8-12;/h4-8,13H,9-11,16H2,1-3H3;1H. The highest BCUT2D eigenvalue weighted by Gasteiger charge is 2.14. The second-order valence-corrected chi connectivity index (χ2v) is 5.75. The Hall–Kier alpha value is -1.06. The number of esters is 1. The first kappa shape index (κ1) is 17.9. The van der Waals surface area contributed by atoms with E-state index in [0.29, 0.717) is 6.61 Å². The maximum atomic E-state index is 11.6. The van der Waals surface area contributed by atoms with E-state index in [9.17, 15) is 4.79 Å². The molecule has 0 spiro atoms. The van der Waals surface area contributed by atoms with Gasteiger partial charge in [-0.05, 0) is 17.4 Å². The first-order chi connectivity index (χ1) is 8.38. The molecule has 0 fully saturated rings. The molecule has 0 radical (unpaired) electrons. The number of rotatable bonds is 5. The summed E-state index contributed by atoms with van der Waals surface area (Å²) in [6.45, 7) is 6.83. The van der Waals surface area contributed by atoms with Crippen molar-refractivity contribution in [3.05, 3.63) is 35.9 Å². The lowest BCUT2D eigenvalue weighted by Crippen LogP contribution is -2.19. The fourth-order valence-corrected chi connectivity index (χ4v) is 1.53. The van der Waals surface area contributed by atoms with E-state index >= 15 is 0 Å². The molecule has 1 atom stereocenters. The van der Waals surface area contributed by atoms with Gasteiger partial charge in [0.25, 0.3) is 0 Å². The monoisotopic (exact) mass is 285 g/mol. The van der Waals surface area contributed by atoms with Gasteiger partial charge < -0.3 is 10.5 Å². The second-order valence-electron chi connectivity index (χ2n) is 5.75. The molecule has 0 aliphatic rings. The van der Waals surface area contributed by atoms with Gasteiger partial charge in [0, 0.05) is 6.04 Å². The molecular weight excluding hydrogens is 262 g/mol. The molecule has 2 N–H and O–H groups in total. The summed E-state index contributed by atoms with van der Waals surface area (Å²) in [7, 11) is 0. The van der Waals surface area contributed by atoms with Gasteiger partial charge in [-0.25, -0.2) is 0 Å². The molecule has 0 aromatic heterocycles. The average molecular weight is 286 g/mol. The van der Waals surface area contributed by atoms with Crippen LogP contribution in [0.5, 0.6) is 0 Å². The van der Waals surface area contributed by atoms with Crippen molar-refractivity contribution in [3.8, 4) is 0 Å². The molecule has 0 aliphatic carbocycles. The predicted octanol–water partition coefficient (Wildman–Crippen LogP) is 3.48. The minimum Gasteiger partial charge on any atom is -0.466 e. The Morgan fingerprint density at radius 3 is 2.37 bits per heavy atom. The third-order valence-corrected chi connectivity index (χ3v) is 2.73. The van der Waals surface area contributed by atoms with Crippen LogP contribution in [-0.4, -0.2) is 12.6 Å². The maximum absolute atomic E-state index is 11.6. The van der Waals surface area contributed by atoms with E-state index in [2.05, 4.69) is 20.8 Å². The van der Waals surface area contributed by atoms with E-state index in [4.69, 9.17) is 10.5 Å². The van der Waals surface area contributed by atoms with E-state index in [1.54, 1.807) is 0 Å². The summed E-state index contributed by atoms with van der Waals surface area (Å²) in [5, 5.41) is 0. The molecule has 3 nitrogen and oxygen atoms in total. The summed E-state index contributed by atoms with van der Waals surface area (Å²) in [5.41, 5.74) is 7.10. The highest BCUT2D eigenvalue weighted by atomic mass is 35.5. The Morgan fingerprint density at radius 1 is 1.26 bits per heavy atom. The van der Waals surface area contributed by atoms with E-state index in [0.717, 1.165) is 12.0 Å². The van der Waals surface area contributed by atoms with Gasteiger partial charge in [0.05, 0.1) is 13.0 Å². The first-order valence-corrected chi connectivity index (χ1v) is 6.34. The number of benzene rings is 1. The van der Waals surface area contributed by atoms with Crippen LogP contribution in [0.3, 0.4) is 0 Å². The zero-order valence-corrected chi connectivity index (χ0v) is 12.7. The van der Waals surface area contributed by atoms with Gasteiger partial charge in [-0.3, -0.25) is 4.79 Å². The molecule has 19 heavy (non-hydrogen) atoms. The quantitative estimate of drug-likeness (QED) is 0.843. The van der Waals surface area contributed by atoms with Crippen LogP contribution >= 0.6 is 12.4 Å². The van der Waals surface area contributed by atoms with Gasteiger partial charge in [-0.15, -0.1) is 12.4 Å². The third kappa shape index (κ3) is 7.85. The van der Waals surface area contributed by atoms with Crippen LogP contribution < -0.4 is 5.73 Å². The fraction of sp³-hybridized carbons (Fsp3) is 0.533. The van der Waals surface area contributed by atoms with Crippen molar-refractivity contribution in [2.24, 2.45) is 11.1 Å². The first-order valence-electron chi connectivity index (χ1n) is 6.34. The van der Waals surface area contributed by atoms with Crippen LogP contribution in [-0.2, 0) is 9.53 Å². The molecule has 1 aromatic carbocycles. The number of carbonyl (C=O) groups is 1. The Balaban J connectivity index is 0.00000324. The van der Waals surface area contributed by atoms with Gasteiger partial charge >= 0.3 is 5.97 Å². The average Bonchev–Trinajstić information content (AvgIpc) is 2.28. The summed E-state index contributed by atoms with van der Waals surface area (Å²) in [6.07, 6.45) is 1.09. The van der Waals surface area contributed by atoms with Gasteiger partial charge in [0.2, 0.25) is 0 Å². The lowest BCUT2D eigenvalue weighted by Gasteiger charge is -2.18. The van der Waals surface area contributed by atoms with Crippen LogP contribution in [0, 0.1) is 5.41 Å². The van der Waals surface area contributed by atoms with Crippen molar-refractivity contribution in [2.75, 3.05) is 6.61 Å². The topological polar surface area (TPSA) is 52.3 Å². The number of nitrogens with two attached hydrogens (primary N) is 1. The molecule has 0 aliphatic heterocycles. The molecule has 0 saturated carbocycles. The lowest BCUT2D eigenvalue weighted by atomic mass is 9.93. The Morgan fingerprint density at radius 2 is 1.84 bits per heavy atom. The van der Waals surface area contributed by atoms with Gasteiger partial charge in [-0.1, -0.05) is 51.1 Å². The lowest BCUT2D eigenvalue weighted by molar-refractivity contribution is -0.144. The highest BCUT2D eigenvalue weighted by molar-refractivity contribution is 5.85. The van der Waals surface area contributed by atoms with Crippen LogP contribution in [0.1, 0.15) is 45.2 Å². The van der Waals surface area contributed by atoms with E-state index < -0.39 is 0 Å². The smallest absolute Gasteiger partial charge is 0.307 e. The predicted molar refractivity (Wildman–Crippen MR) is 80.3 cm³/mol. The molecule has 4 heteroatoms. The molecule has 0 saturated heterocycles. The largest absolute Gasteiger partial charge is 0.466 e. The maximum Gasteiger partial charge on any atom is 0.307 e. The molecule has 0 bridgehead atoms. The van der Waals surface area contributed by atoms with Crippen LogP contribution in [0.2, 0.25) is 0 Å². The number of carbonyl (C=O) groups excluding carboxylic acids is 1. The van der Waals surface area contributed by atoms with Crippen molar-refractivity contribution < 1.29 is 9.53 Å². The molecule has 0 amide bonds. The fourth-order valence-electron chi connectivity index (χ4n) is 1.53. The molecular formula is C15H24ClNO2. The Bertz CT molecular complexity index is 373. The molecule has 1 rings (SSSR count). The highest BCUT2D eigenvalue weighted by Crippen LogP contribution is 2.19. The van der Waals surface area contributed by atoms with Crippen molar-refractivity contribution in [1.29, 1.82) is 0 Å². The summed E-state index contributed by atoms with van der Waals surface area (Å²) in [4.78, 5) is 11.6. The van der Waals surface area contributed by atoms with Crippen molar-refractivity contribution in [2.45, 2.75) is 39.7 Å². The Labute approximate surface area is 121 Å². The molecule has 1 unspecified atom stereocenters. The molecule has 108 valence electrons. The minimum absolute atomic E-state index is 0. The zero-order valence-electron chi connectivity index (χ0n) is 11.9. The van der Waals surface area contributed by atoms with Crippen molar-refractivity contribution >= 4 is 18.4 Å². The number of hydrogen-bond acceptors (Lipinski definition) is 3. The number of halogens is 1. The van der Waals surface area contributed by atoms with Gasteiger partial charge in [-0.2, -0.15) is 0 Å². The van der Waals surface area contributed by atoms with Gasteiger partial charge in [0.1, 0.15) is 0 Å². The molecule has 1 aromatic rings. The SMILES string of the molecule is CC(C)(C)CCOC(=O)CC(N)c1ccccc1.Cl. The van der Waals surface area contributed by atoms with E-state index in [1.807, 2.05) is 30.3 Å². The summed E-state index contributed by atoms with van der Waals surface area (Å²) in [6, 6.07) is 9.33. The van der Waals surface area contributed by atoms with E-state index in [-0.39, 0.29) is 36.3 Å². The normalized spacial score (nSPS) is 12.4. The van der Waals surface area contributed by atoms with Crippen molar-refractivity contribution in [3.63, 3.8) is 0 Å². The number of ether oxygens (including phenoxy) is 1. The summed E-state index contributed by atoms with van der Waals surface area (Å²) in [5.74, 6) is -0.226. The van der Waals surface area contributed by atoms with Gasteiger partial charge in [0.15, 0.2) is 0 Å². The number of hydrogen-bond donors (Lipinski definition) is 1. The van der Waals surface area contributed by atoms with Crippen LogP contribution in [0.4, 0.5) is 0 Å². The van der Waals surface area contributed by atoms with Crippen LogP contribution in [0.15, 0.2) is 30.3 Å². The van der Waals surface area contributed by atoms with E-state index in [1.165, 1.54) is 0 Å². The van der Waals surface area contributed by atoms with Crippen LogP contribution in [0.25, 0.3) is 0 Å². The molecule has 0 heterocycles. The van der Waals surface area contributed by atoms with Crippen molar-refractivity contribution in [1.82, 2.24) is 0 Å². The third-order valence-electron chi connectivity index (χ3n) is 2.73. The second kappa shape index (κ2) is 8.18. The zero-order chi connectivity index (χ0) is 13.6. The minimum atomic E-state index is -0.284.